The molecule has 0 radical (unpaired) electrons. The van der Waals surface area contributed by atoms with Gasteiger partial charge in [0.2, 0.25) is 0 Å². The SMILES string of the molecule is CCCNC(COC)c1ccc(OC)c(C)c1. The topological polar surface area (TPSA) is 30.5 Å². The van der Waals surface area contributed by atoms with Gasteiger partial charge in [0.05, 0.1) is 19.8 Å². The van der Waals surface area contributed by atoms with Crippen LogP contribution in [0.3, 0.4) is 0 Å². The summed E-state index contributed by atoms with van der Waals surface area (Å²) >= 11 is 0. The molecule has 0 bridgehead atoms. The highest BCUT2D eigenvalue weighted by atomic mass is 16.5. The standard InChI is InChI=1S/C14H23NO2/c1-5-8-15-13(10-16-3)12-6-7-14(17-4)11(2)9-12/h6-7,9,13,15H,5,8,10H2,1-4H3. The summed E-state index contributed by atoms with van der Waals surface area (Å²) in [5.41, 5.74) is 2.41. The van der Waals surface area contributed by atoms with Crippen LogP contribution in [0.2, 0.25) is 0 Å². The van der Waals surface area contributed by atoms with E-state index in [0.717, 1.165) is 24.3 Å². The highest BCUT2D eigenvalue weighted by molar-refractivity contribution is 5.37. The van der Waals surface area contributed by atoms with Gasteiger partial charge in [-0.05, 0) is 37.1 Å². The molecule has 96 valence electrons. The van der Waals surface area contributed by atoms with Crippen LogP contribution in [0.15, 0.2) is 18.2 Å². The molecule has 0 amide bonds. The third-order valence-corrected chi connectivity index (χ3v) is 2.80. The number of hydrogen-bond donors (Lipinski definition) is 1. The molecule has 1 aromatic rings. The molecule has 0 heterocycles. The predicted molar refractivity (Wildman–Crippen MR) is 70.6 cm³/mol. The molecule has 1 rings (SSSR count). The lowest BCUT2D eigenvalue weighted by molar-refractivity contribution is 0.167. The summed E-state index contributed by atoms with van der Waals surface area (Å²) in [4.78, 5) is 0. The summed E-state index contributed by atoms with van der Waals surface area (Å²) in [7, 11) is 3.43. The van der Waals surface area contributed by atoms with Crippen molar-refractivity contribution in [1.82, 2.24) is 5.32 Å². The van der Waals surface area contributed by atoms with Gasteiger partial charge < -0.3 is 14.8 Å². The van der Waals surface area contributed by atoms with E-state index >= 15 is 0 Å². The fourth-order valence-corrected chi connectivity index (χ4v) is 1.88. The summed E-state index contributed by atoms with van der Waals surface area (Å²) in [5.74, 6) is 0.931. The zero-order chi connectivity index (χ0) is 12.7. The zero-order valence-electron chi connectivity index (χ0n) is 11.2. The largest absolute Gasteiger partial charge is 0.496 e. The Morgan fingerprint density at radius 3 is 2.59 bits per heavy atom. The van der Waals surface area contributed by atoms with Gasteiger partial charge >= 0.3 is 0 Å². The van der Waals surface area contributed by atoms with Crippen molar-refractivity contribution in [2.45, 2.75) is 26.3 Å². The summed E-state index contributed by atoms with van der Waals surface area (Å²) < 4.78 is 10.5. The van der Waals surface area contributed by atoms with Gasteiger partial charge in [0.25, 0.3) is 0 Å². The molecule has 0 aliphatic carbocycles. The van der Waals surface area contributed by atoms with Gasteiger partial charge in [-0.3, -0.25) is 0 Å². The van der Waals surface area contributed by atoms with Gasteiger partial charge in [-0.25, -0.2) is 0 Å². The molecule has 0 saturated heterocycles. The van der Waals surface area contributed by atoms with Crippen LogP contribution in [0.1, 0.15) is 30.5 Å². The fourth-order valence-electron chi connectivity index (χ4n) is 1.88. The molecular formula is C14H23NO2. The van der Waals surface area contributed by atoms with Crippen molar-refractivity contribution < 1.29 is 9.47 Å². The van der Waals surface area contributed by atoms with E-state index in [1.807, 2.05) is 6.07 Å². The Kier molecular flexibility index (Phi) is 6.01. The number of aryl methyl sites for hydroxylation is 1. The van der Waals surface area contributed by atoms with Gasteiger partial charge in [0.15, 0.2) is 0 Å². The number of hydrogen-bond acceptors (Lipinski definition) is 3. The molecule has 1 N–H and O–H groups in total. The molecule has 0 spiro atoms. The zero-order valence-corrected chi connectivity index (χ0v) is 11.2. The number of rotatable bonds is 7. The van der Waals surface area contributed by atoms with Crippen molar-refractivity contribution in [2.75, 3.05) is 27.4 Å². The first kappa shape index (κ1) is 14.0. The maximum absolute atomic E-state index is 5.27. The molecule has 1 aromatic carbocycles. The smallest absolute Gasteiger partial charge is 0.121 e. The van der Waals surface area contributed by atoms with Crippen molar-refractivity contribution >= 4 is 0 Å². The average Bonchev–Trinajstić information content (AvgIpc) is 2.34. The van der Waals surface area contributed by atoms with Crippen molar-refractivity contribution in [2.24, 2.45) is 0 Å². The van der Waals surface area contributed by atoms with Crippen LogP contribution in [-0.4, -0.2) is 27.4 Å². The molecule has 1 atom stereocenters. The summed E-state index contributed by atoms with van der Waals surface area (Å²) in [6.07, 6.45) is 1.12. The van der Waals surface area contributed by atoms with E-state index in [2.05, 4.69) is 31.3 Å². The van der Waals surface area contributed by atoms with Crippen LogP contribution in [0, 0.1) is 6.92 Å². The van der Waals surface area contributed by atoms with Crippen LogP contribution in [0.4, 0.5) is 0 Å². The predicted octanol–water partition coefficient (Wildman–Crippen LogP) is 2.69. The van der Waals surface area contributed by atoms with Crippen molar-refractivity contribution in [3.05, 3.63) is 29.3 Å². The fraction of sp³-hybridized carbons (Fsp3) is 0.571. The molecule has 0 aliphatic rings. The van der Waals surface area contributed by atoms with Crippen LogP contribution in [-0.2, 0) is 4.74 Å². The van der Waals surface area contributed by atoms with E-state index in [4.69, 9.17) is 9.47 Å². The second kappa shape index (κ2) is 7.30. The molecule has 0 saturated carbocycles. The lowest BCUT2D eigenvalue weighted by Gasteiger charge is -2.19. The van der Waals surface area contributed by atoms with Gasteiger partial charge in [-0.2, -0.15) is 0 Å². The van der Waals surface area contributed by atoms with Crippen molar-refractivity contribution in [1.29, 1.82) is 0 Å². The number of benzene rings is 1. The second-order valence-corrected chi connectivity index (χ2v) is 4.19. The highest BCUT2D eigenvalue weighted by Crippen LogP contribution is 2.22. The monoisotopic (exact) mass is 237 g/mol. The number of nitrogens with one attached hydrogen (secondary N) is 1. The first-order valence-corrected chi connectivity index (χ1v) is 6.09. The maximum atomic E-state index is 5.27. The number of ether oxygens (including phenoxy) is 2. The molecule has 0 fully saturated rings. The highest BCUT2D eigenvalue weighted by Gasteiger charge is 2.11. The Morgan fingerprint density at radius 1 is 1.29 bits per heavy atom. The first-order valence-electron chi connectivity index (χ1n) is 6.09. The van der Waals surface area contributed by atoms with Crippen LogP contribution >= 0.6 is 0 Å². The minimum Gasteiger partial charge on any atom is -0.496 e. The molecule has 0 aromatic heterocycles. The van der Waals surface area contributed by atoms with Gasteiger partial charge in [0.1, 0.15) is 5.75 Å². The molecule has 0 aliphatic heterocycles. The Labute approximate surface area is 104 Å². The van der Waals surface area contributed by atoms with Crippen molar-refractivity contribution in [3.8, 4) is 5.75 Å². The van der Waals surface area contributed by atoms with Gasteiger partial charge in [0, 0.05) is 7.11 Å². The lowest BCUT2D eigenvalue weighted by Crippen LogP contribution is -2.26. The third-order valence-electron chi connectivity index (χ3n) is 2.80. The molecule has 3 nitrogen and oxygen atoms in total. The van der Waals surface area contributed by atoms with Gasteiger partial charge in [-0.1, -0.05) is 19.1 Å². The molecule has 17 heavy (non-hydrogen) atoms. The van der Waals surface area contributed by atoms with E-state index in [1.165, 1.54) is 5.56 Å². The number of methoxy groups -OCH3 is 2. The first-order chi connectivity index (χ1) is 8.22. The summed E-state index contributed by atoms with van der Waals surface area (Å²) in [6.45, 7) is 5.91. The Hall–Kier alpha value is -1.06. The van der Waals surface area contributed by atoms with E-state index < -0.39 is 0 Å². The molecule has 3 heteroatoms. The lowest BCUT2D eigenvalue weighted by atomic mass is 10.0. The quantitative estimate of drug-likeness (QED) is 0.791. The van der Waals surface area contributed by atoms with Crippen molar-refractivity contribution in [3.63, 3.8) is 0 Å². The second-order valence-electron chi connectivity index (χ2n) is 4.19. The minimum atomic E-state index is 0.254. The normalized spacial score (nSPS) is 12.5. The average molecular weight is 237 g/mol. The Balaban J connectivity index is 2.82. The van der Waals surface area contributed by atoms with Gasteiger partial charge in [-0.15, -0.1) is 0 Å². The summed E-state index contributed by atoms with van der Waals surface area (Å²) in [5, 5.41) is 3.49. The van der Waals surface area contributed by atoms with E-state index in [1.54, 1.807) is 14.2 Å². The third kappa shape index (κ3) is 4.02. The van der Waals surface area contributed by atoms with E-state index in [-0.39, 0.29) is 6.04 Å². The molecule has 1 unspecified atom stereocenters. The van der Waals surface area contributed by atoms with E-state index in [0.29, 0.717) is 6.61 Å². The van der Waals surface area contributed by atoms with Crippen LogP contribution in [0.5, 0.6) is 5.75 Å². The van der Waals surface area contributed by atoms with Crippen LogP contribution in [0.25, 0.3) is 0 Å². The maximum Gasteiger partial charge on any atom is 0.121 e. The summed E-state index contributed by atoms with van der Waals surface area (Å²) in [6, 6.07) is 6.52. The minimum absolute atomic E-state index is 0.254. The van der Waals surface area contributed by atoms with Crippen LogP contribution < -0.4 is 10.1 Å². The Morgan fingerprint density at radius 2 is 2.06 bits per heavy atom. The Bertz CT molecular complexity index is 339. The van der Waals surface area contributed by atoms with E-state index in [9.17, 15) is 0 Å². The molecular weight excluding hydrogens is 214 g/mol.